The molecular formula is C3H6N4S2. The van der Waals surface area contributed by atoms with E-state index < -0.39 is 0 Å². The number of rotatable bonds is 2. The minimum atomic E-state index is 0.910. The van der Waals surface area contributed by atoms with Gasteiger partial charge in [-0.2, -0.15) is 9.19 Å². The Labute approximate surface area is 61.4 Å². The van der Waals surface area contributed by atoms with Crippen molar-refractivity contribution in [3.8, 4) is 0 Å². The van der Waals surface area contributed by atoms with E-state index in [0.29, 0.717) is 0 Å². The minimum absolute atomic E-state index is 0.910. The minimum Gasteiger partial charge on any atom is -0.273 e. The van der Waals surface area contributed by atoms with E-state index in [1.54, 1.807) is 12.4 Å². The molecule has 50 valence electrons. The standard InChI is InChI=1S/C3H6N4S2/c4-8-3-1-6-7(2-3)9-5/h1-2H,4-5H2. The van der Waals surface area contributed by atoms with E-state index in [2.05, 4.69) is 5.10 Å². The van der Waals surface area contributed by atoms with Gasteiger partial charge >= 0.3 is 0 Å². The zero-order valence-electron chi connectivity index (χ0n) is 4.52. The van der Waals surface area contributed by atoms with Crippen LogP contribution in [0.4, 0.5) is 0 Å². The molecule has 0 saturated carbocycles. The summed E-state index contributed by atoms with van der Waals surface area (Å²) < 4.78 is 1.54. The molecule has 0 aliphatic rings. The van der Waals surface area contributed by atoms with Crippen molar-refractivity contribution in [1.82, 2.24) is 9.19 Å². The van der Waals surface area contributed by atoms with Gasteiger partial charge in [-0.05, 0) is 11.9 Å². The second-order valence-electron chi connectivity index (χ2n) is 1.30. The van der Waals surface area contributed by atoms with Crippen LogP contribution in [0.5, 0.6) is 0 Å². The molecule has 0 aliphatic heterocycles. The lowest BCUT2D eigenvalue weighted by Crippen LogP contribution is -1.90. The van der Waals surface area contributed by atoms with Crippen LogP contribution in [0.15, 0.2) is 17.3 Å². The third kappa shape index (κ3) is 1.62. The predicted octanol–water partition coefficient (Wildman–Crippen LogP) is 0.219. The van der Waals surface area contributed by atoms with Gasteiger partial charge in [0.05, 0.1) is 29.4 Å². The second kappa shape index (κ2) is 3.11. The Hall–Kier alpha value is -0.170. The van der Waals surface area contributed by atoms with Crippen LogP contribution in [-0.4, -0.2) is 9.19 Å². The molecular weight excluding hydrogens is 156 g/mol. The number of nitrogens with zero attached hydrogens (tertiary/aromatic N) is 2. The topological polar surface area (TPSA) is 69.9 Å². The lowest BCUT2D eigenvalue weighted by molar-refractivity contribution is 1.01. The molecule has 1 rings (SSSR count). The van der Waals surface area contributed by atoms with Crippen molar-refractivity contribution in [3.63, 3.8) is 0 Å². The fraction of sp³-hybridized carbons (Fsp3) is 0. The Morgan fingerprint density at radius 3 is 2.67 bits per heavy atom. The maximum absolute atomic E-state index is 5.23. The number of hydrogen-bond acceptors (Lipinski definition) is 5. The van der Waals surface area contributed by atoms with Crippen LogP contribution in [-0.2, 0) is 0 Å². The van der Waals surface area contributed by atoms with Crippen molar-refractivity contribution in [2.24, 2.45) is 10.3 Å². The molecule has 0 fully saturated rings. The maximum Gasteiger partial charge on any atom is 0.0650 e. The maximum atomic E-state index is 5.23. The van der Waals surface area contributed by atoms with Crippen molar-refractivity contribution in [2.75, 3.05) is 0 Å². The van der Waals surface area contributed by atoms with E-state index in [0.717, 1.165) is 29.0 Å². The Morgan fingerprint density at radius 1 is 1.56 bits per heavy atom. The second-order valence-corrected chi connectivity index (χ2v) is 2.59. The predicted molar refractivity (Wildman–Crippen MR) is 39.4 cm³/mol. The Bertz CT molecular complexity index is 167. The summed E-state index contributed by atoms with van der Waals surface area (Å²) in [6.07, 6.45) is 3.42. The molecule has 1 aromatic rings. The van der Waals surface area contributed by atoms with E-state index in [-0.39, 0.29) is 0 Å². The highest BCUT2D eigenvalue weighted by molar-refractivity contribution is 7.97. The molecule has 1 aromatic heterocycles. The van der Waals surface area contributed by atoms with Gasteiger partial charge in [0.2, 0.25) is 0 Å². The van der Waals surface area contributed by atoms with Gasteiger partial charge in [-0.25, -0.2) is 0 Å². The van der Waals surface area contributed by atoms with Gasteiger partial charge in [-0.1, -0.05) is 0 Å². The van der Waals surface area contributed by atoms with Crippen molar-refractivity contribution in [1.29, 1.82) is 0 Å². The highest BCUT2D eigenvalue weighted by Crippen LogP contribution is 2.10. The normalized spacial score (nSPS) is 10.0. The van der Waals surface area contributed by atoms with Crippen LogP contribution in [0.1, 0.15) is 0 Å². The Balaban J connectivity index is 2.74. The van der Waals surface area contributed by atoms with E-state index >= 15 is 0 Å². The number of aromatic nitrogens is 2. The average Bonchev–Trinajstić information content (AvgIpc) is 2.34. The molecule has 0 bridgehead atoms. The summed E-state index contributed by atoms with van der Waals surface area (Å²) in [5.41, 5.74) is 0. The zero-order valence-corrected chi connectivity index (χ0v) is 6.15. The molecule has 6 heteroatoms. The van der Waals surface area contributed by atoms with E-state index in [9.17, 15) is 0 Å². The molecule has 4 nitrogen and oxygen atoms in total. The Kier molecular flexibility index (Phi) is 2.40. The summed E-state index contributed by atoms with van der Waals surface area (Å²) >= 11 is 2.19. The average molecular weight is 162 g/mol. The molecule has 0 amide bonds. The molecule has 0 aliphatic carbocycles. The van der Waals surface area contributed by atoms with Crippen molar-refractivity contribution in [2.45, 2.75) is 4.90 Å². The summed E-state index contributed by atoms with van der Waals surface area (Å²) in [4.78, 5) is 0.910. The van der Waals surface area contributed by atoms with Crippen LogP contribution in [0.3, 0.4) is 0 Å². The largest absolute Gasteiger partial charge is 0.273 e. The van der Waals surface area contributed by atoms with Gasteiger partial charge in [-0.15, -0.1) is 0 Å². The van der Waals surface area contributed by atoms with Crippen molar-refractivity contribution >= 4 is 24.1 Å². The summed E-state index contributed by atoms with van der Waals surface area (Å²) in [6, 6.07) is 0. The van der Waals surface area contributed by atoms with Crippen molar-refractivity contribution < 1.29 is 0 Å². The summed E-state index contributed by atoms with van der Waals surface area (Å²) in [5, 5.41) is 14.3. The van der Waals surface area contributed by atoms with E-state index in [1.807, 2.05) is 0 Å². The molecule has 0 saturated heterocycles. The fourth-order valence-electron chi connectivity index (χ4n) is 0.408. The molecule has 0 atom stereocenters. The molecule has 1 heterocycles. The fourth-order valence-corrected chi connectivity index (χ4v) is 1.02. The molecule has 0 aromatic carbocycles. The van der Waals surface area contributed by atoms with Crippen molar-refractivity contribution in [3.05, 3.63) is 12.4 Å². The van der Waals surface area contributed by atoms with Crippen LogP contribution < -0.4 is 10.3 Å². The summed E-state index contributed by atoms with van der Waals surface area (Å²) in [5.74, 6) is 0. The van der Waals surface area contributed by atoms with Crippen LogP contribution in [0.2, 0.25) is 0 Å². The highest BCUT2D eigenvalue weighted by atomic mass is 32.2. The monoisotopic (exact) mass is 162 g/mol. The van der Waals surface area contributed by atoms with E-state index in [1.165, 1.54) is 4.09 Å². The number of nitrogens with two attached hydrogens (primary N) is 2. The lowest BCUT2D eigenvalue weighted by Gasteiger charge is -1.87. The zero-order chi connectivity index (χ0) is 6.69. The van der Waals surface area contributed by atoms with E-state index in [4.69, 9.17) is 10.3 Å². The molecule has 4 N–H and O–H groups in total. The van der Waals surface area contributed by atoms with Crippen LogP contribution >= 0.6 is 24.1 Å². The van der Waals surface area contributed by atoms with Crippen LogP contribution in [0.25, 0.3) is 0 Å². The molecule has 0 radical (unpaired) electrons. The first-order valence-electron chi connectivity index (χ1n) is 2.15. The van der Waals surface area contributed by atoms with Gasteiger partial charge in [0.1, 0.15) is 0 Å². The third-order valence-electron chi connectivity index (χ3n) is 0.781. The third-order valence-corrected chi connectivity index (χ3v) is 1.68. The van der Waals surface area contributed by atoms with Gasteiger partial charge in [0.25, 0.3) is 0 Å². The SMILES string of the molecule is NSc1cnn(SN)c1. The lowest BCUT2D eigenvalue weighted by atomic mass is 10.7. The molecule has 0 unspecified atom stereocenters. The first-order chi connectivity index (χ1) is 4.36. The summed E-state index contributed by atoms with van der Waals surface area (Å²) in [7, 11) is 0. The van der Waals surface area contributed by atoms with Gasteiger partial charge in [-0.3, -0.25) is 10.3 Å². The van der Waals surface area contributed by atoms with Gasteiger partial charge in [0, 0.05) is 0 Å². The first-order valence-corrected chi connectivity index (χ1v) is 3.87. The van der Waals surface area contributed by atoms with Crippen LogP contribution in [0, 0.1) is 0 Å². The summed E-state index contributed by atoms with van der Waals surface area (Å²) in [6.45, 7) is 0. The quantitative estimate of drug-likeness (QED) is 0.609. The number of hydrogen-bond donors (Lipinski definition) is 2. The smallest absolute Gasteiger partial charge is 0.0650 e. The Morgan fingerprint density at radius 2 is 2.33 bits per heavy atom. The van der Waals surface area contributed by atoms with Gasteiger partial charge in [0.15, 0.2) is 0 Å². The molecule has 0 spiro atoms. The van der Waals surface area contributed by atoms with Gasteiger partial charge < -0.3 is 0 Å². The first kappa shape index (κ1) is 6.94. The highest BCUT2D eigenvalue weighted by Gasteiger charge is 1.93. The molecule has 9 heavy (non-hydrogen) atoms.